The zero-order chi connectivity index (χ0) is 15.4. The van der Waals surface area contributed by atoms with Crippen molar-refractivity contribution in [2.75, 3.05) is 25.1 Å². The molecule has 2 heterocycles. The number of anilines is 1. The van der Waals surface area contributed by atoms with Crippen LogP contribution in [0.3, 0.4) is 0 Å². The highest BCUT2D eigenvalue weighted by Crippen LogP contribution is 2.20. The minimum atomic E-state index is -0.425. The summed E-state index contributed by atoms with van der Waals surface area (Å²) >= 11 is 5.79. The first kappa shape index (κ1) is 15.1. The monoisotopic (exact) mass is 323 g/mol. The first-order chi connectivity index (χ1) is 10.7. The predicted molar refractivity (Wildman–Crippen MR) is 87.6 cm³/mol. The number of halogens is 2. The second-order valence-corrected chi connectivity index (χ2v) is 5.78. The average Bonchev–Trinajstić information content (AvgIpc) is 2.52. The lowest BCUT2D eigenvalue weighted by Crippen LogP contribution is -2.46. The van der Waals surface area contributed by atoms with Crippen LogP contribution in [-0.2, 0) is 0 Å². The number of benzene rings is 1. The van der Waals surface area contributed by atoms with Crippen LogP contribution in [0.1, 0.15) is 12.8 Å². The van der Waals surface area contributed by atoms with Crippen LogP contribution in [0.2, 0.25) is 5.02 Å². The molecular weight excluding hydrogens is 305 g/mol. The molecule has 7 heteroatoms. The van der Waals surface area contributed by atoms with E-state index in [9.17, 15) is 4.39 Å². The molecule has 3 rings (SSSR count). The van der Waals surface area contributed by atoms with Gasteiger partial charge < -0.3 is 21.3 Å². The number of hydrogen-bond donors (Lipinski definition) is 4. The maximum absolute atomic E-state index is 13.2. The van der Waals surface area contributed by atoms with Crippen LogP contribution in [-0.4, -0.2) is 31.6 Å². The van der Waals surface area contributed by atoms with E-state index in [2.05, 4.69) is 26.3 Å². The van der Waals surface area contributed by atoms with E-state index in [-0.39, 0.29) is 5.02 Å². The third kappa shape index (κ3) is 3.90. The molecule has 0 spiro atoms. The van der Waals surface area contributed by atoms with E-state index in [1.165, 1.54) is 12.5 Å². The molecule has 22 heavy (non-hydrogen) atoms. The fourth-order valence-corrected chi connectivity index (χ4v) is 2.70. The standard InChI is InChI=1S/C15H19ClFN5/c16-12-6-10(3-4-13(12)17)21-14-7-15(20-9-19-14)22-11-2-1-5-18-8-11/h3-4,6-7,11,18-19,21H,1-2,5,8-9H2,(H,20,22). The van der Waals surface area contributed by atoms with Crippen LogP contribution in [0.25, 0.3) is 0 Å². The summed E-state index contributed by atoms with van der Waals surface area (Å²) in [7, 11) is 0. The third-order valence-corrected chi connectivity index (χ3v) is 3.94. The van der Waals surface area contributed by atoms with Gasteiger partial charge in [0, 0.05) is 24.4 Å². The second-order valence-electron chi connectivity index (χ2n) is 5.38. The van der Waals surface area contributed by atoms with Crippen LogP contribution >= 0.6 is 11.6 Å². The molecule has 0 aromatic heterocycles. The summed E-state index contributed by atoms with van der Waals surface area (Å²) in [6.45, 7) is 2.53. The van der Waals surface area contributed by atoms with Crippen molar-refractivity contribution in [2.45, 2.75) is 18.9 Å². The van der Waals surface area contributed by atoms with E-state index in [4.69, 9.17) is 11.6 Å². The SMILES string of the molecule is Fc1ccc(NC2=CC(NC3CCCNC3)=NCN2)cc1Cl. The van der Waals surface area contributed by atoms with Crippen molar-refractivity contribution >= 4 is 23.1 Å². The molecule has 1 aromatic rings. The van der Waals surface area contributed by atoms with Crippen molar-refractivity contribution in [1.29, 1.82) is 0 Å². The smallest absolute Gasteiger partial charge is 0.141 e. The van der Waals surface area contributed by atoms with Gasteiger partial charge in [-0.05, 0) is 37.6 Å². The fourth-order valence-electron chi connectivity index (χ4n) is 2.52. The first-order valence-corrected chi connectivity index (χ1v) is 7.78. The van der Waals surface area contributed by atoms with E-state index in [1.54, 1.807) is 12.1 Å². The highest BCUT2D eigenvalue weighted by molar-refractivity contribution is 6.31. The Morgan fingerprint density at radius 3 is 3.05 bits per heavy atom. The van der Waals surface area contributed by atoms with E-state index < -0.39 is 5.82 Å². The van der Waals surface area contributed by atoms with Gasteiger partial charge in [0.1, 0.15) is 24.1 Å². The molecule has 0 bridgehead atoms. The molecule has 0 amide bonds. The van der Waals surface area contributed by atoms with Gasteiger partial charge in [-0.2, -0.15) is 0 Å². The van der Waals surface area contributed by atoms with Gasteiger partial charge >= 0.3 is 0 Å². The van der Waals surface area contributed by atoms with Crippen LogP contribution in [0, 0.1) is 5.82 Å². The van der Waals surface area contributed by atoms with E-state index >= 15 is 0 Å². The lowest BCUT2D eigenvalue weighted by atomic mass is 10.1. The Labute approximate surface area is 134 Å². The van der Waals surface area contributed by atoms with Crippen molar-refractivity contribution in [3.05, 3.63) is 40.9 Å². The molecule has 5 nitrogen and oxygen atoms in total. The summed E-state index contributed by atoms with van der Waals surface area (Å²) in [4.78, 5) is 4.41. The molecule has 0 saturated carbocycles. The highest BCUT2D eigenvalue weighted by Gasteiger charge is 2.15. The van der Waals surface area contributed by atoms with Gasteiger partial charge in [0.2, 0.25) is 0 Å². The largest absolute Gasteiger partial charge is 0.366 e. The van der Waals surface area contributed by atoms with Crippen molar-refractivity contribution in [3.8, 4) is 0 Å². The van der Waals surface area contributed by atoms with Gasteiger partial charge in [-0.15, -0.1) is 0 Å². The summed E-state index contributed by atoms with van der Waals surface area (Å²) in [5.74, 6) is 1.23. The number of nitrogens with zero attached hydrogens (tertiary/aromatic N) is 1. The van der Waals surface area contributed by atoms with E-state index in [0.29, 0.717) is 12.7 Å². The van der Waals surface area contributed by atoms with Gasteiger partial charge in [-0.25, -0.2) is 9.38 Å². The minimum Gasteiger partial charge on any atom is -0.366 e. The lowest BCUT2D eigenvalue weighted by Gasteiger charge is -2.26. The van der Waals surface area contributed by atoms with Gasteiger partial charge in [0.05, 0.1) is 5.02 Å². The molecule has 0 radical (unpaired) electrons. The fraction of sp³-hybridized carbons (Fsp3) is 0.400. The molecule has 1 saturated heterocycles. The highest BCUT2D eigenvalue weighted by atomic mass is 35.5. The number of aliphatic imine (C=N–C) groups is 1. The molecule has 1 atom stereocenters. The van der Waals surface area contributed by atoms with Crippen LogP contribution in [0.4, 0.5) is 10.1 Å². The molecule has 2 aliphatic rings. The average molecular weight is 324 g/mol. The zero-order valence-electron chi connectivity index (χ0n) is 12.1. The quantitative estimate of drug-likeness (QED) is 0.687. The number of nitrogens with one attached hydrogen (secondary N) is 4. The van der Waals surface area contributed by atoms with Crippen LogP contribution in [0.5, 0.6) is 0 Å². The minimum absolute atomic E-state index is 0.0988. The van der Waals surface area contributed by atoms with E-state index in [1.807, 2.05) is 6.08 Å². The van der Waals surface area contributed by atoms with Crippen LogP contribution in [0.15, 0.2) is 35.1 Å². The number of amidine groups is 1. The number of rotatable bonds is 3. The first-order valence-electron chi connectivity index (χ1n) is 7.40. The van der Waals surface area contributed by atoms with E-state index in [0.717, 1.165) is 36.9 Å². The topological polar surface area (TPSA) is 60.5 Å². The lowest BCUT2D eigenvalue weighted by molar-refractivity contribution is 0.431. The molecule has 2 aliphatic heterocycles. The predicted octanol–water partition coefficient (Wildman–Crippen LogP) is 2.03. The molecule has 4 N–H and O–H groups in total. The Hall–Kier alpha value is -1.79. The summed E-state index contributed by atoms with van der Waals surface area (Å²) in [6.07, 6.45) is 4.23. The zero-order valence-corrected chi connectivity index (χ0v) is 12.9. The van der Waals surface area contributed by atoms with Gasteiger partial charge in [0.25, 0.3) is 0 Å². The van der Waals surface area contributed by atoms with Gasteiger partial charge in [-0.3, -0.25) is 0 Å². The molecule has 1 fully saturated rings. The normalized spacial score (nSPS) is 21.5. The van der Waals surface area contributed by atoms with Crippen molar-refractivity contribution in [3.63, 3.8) is 0 Å². The second kappa shape index (κ2) is 6.98. The van der Waals surface area contributed by atoms with Gasteiger partial charge in [0.15, 0.2) is 0 Å². The number of piperidine rings is 1. The third-order valence-electron chi connectivity index (χ3n) is 3.65. The summed E-state index contributed by atoms with van der Waals surface area (Å²) in [5.41, 5.74) is 0.728. The Morgan fingerprint density at radius 2 is 2.27 bits per heavy atom. The summed E-state index contributed by atoms with van der Waals surface area (Å²) in [6, 6.07) is 4.95. The Kier molecular flexibility index (Phi) is 4.80. The van der Waals surface area contributed by atoms with Crippen molar-refractivity contribution in [1.82, 2.24) is 16.0 Å². The Balaban J connectivity index is 1.63. The Bertz CT molecular complexity index is 596. The van der Waals surface area contributed by atoms with Crippen molar-refractivity contribution < 1.29 is 4.39 Å². The summed E-state index contributed by atoms with van der Waals surface area (Å²) in [5, 5.41) is 13.2. The maximum atomic E-state index is 13.2. The molecule has 118 valence electrons. The van der Waals surface area contributed by atoms with Gasteiger partial charge in [-0.1, -0.05) is 11.6 Å². The number of hydrogen-bond acceptors (Lipinski definition) is 5. The molecule has 1 unspecified atom stereocenters. The Morgan fingerprint density at radius 1 is 1.36 bits per heavy atom. The van der Waals surface area contributed by atoms with Crippen molar-refractivity contribution in [2.24, 2.45) is 4.99 Å². The molecule has 0 aliphatic carbocycles. The molecular formula is C15H19ClFN5. The molecule has 1 aromatic carbocycles. The maximum Gasteiger partial charge on any atom is 0.141 e. The van der Waals surface area contributed by atoms with Crippen LogP contribution < -0.4 is 21.3 Å². The summed E-state index contributed by atoms with van der Waals surface area (Å²) < 4.78 is 13.2.